The van der Waals surface area contributed by atoms with E-state index in [1.807, 2.05) is 0 Å². The Labute approximate surface area is 123 Å². The van der Waals surface area contributed by atoms with E-state index in [4.69, 9.17) is 9.47 Å². The van der Waals surface area contributed by atoms with Gasteiger partial charge in [0.2, 0.25) is 5.43 Å². The highest BCUT2D eigenvalue weighted by Crippen LogP contribution is 2.29. The van der Waals surface area contributed by atoms with Crippen LogP contribution in [-0.2, 0) is 16.5 Å². The summed E-state index contributed by atoms with van der Waals surface area (Å²) in [7, 11) is 1.44. The number of pyridine rings is 1. The molecule has 1 aromatic heterocycles. The second-order valence-electron chi connectivity index (χ2n) is 4.83. The van der Waals surface area contributed by atoms with Gasteiger partial charge in [-0.3, -0.25) is 4.79 Å². The molecule has 0 radical (unpaired) electrons. The van der Waals surface area contributed by atoms with Gasteiger partial charge in [0.15, 0.2) is 29.0 Å². The molecule has 2 heterocycles. The summed E-state index contributed by atoms with van der Waals surface area (Å²) >= 11 is 0. The van der Waals surface area contributed by atoms with Crippen molar-refractivity contribution in [3.8, 4) is 0 Å². The minimum absolute atomic E-state index is 0.00764. The molecule has 0 spiro atoms. The van der Waals surface area contributed by atoms with Crippen molar-refractivity contribution in [3.05, 3.63) is 51.3 Å². The maximum Gasteiger partial charge on any atom is 0.203 e. The number of nitrogens with zero attached hydrogens (tertiary/aromatic N) is 1. The molecule has 7 heteroatoms. The lowest BCUT2D eigenvalue weighted by Crippen LogP contribution is -2.17. The Balaban J connectivity index is 2.41. The Morgan fingerprint density at radius 1 is 1.36 bits per heavy atom. The van der Waals surface area contributed by atoms with Gasteiger partial charge in [-0.1, -0.05) is 0 Å². The van der Waals surface area contributed by atoms with E-state index in [1.54, 1.807) is 6.92 Å². The van der Waals surface area contributed by atoms with Crippen LogP contribution >= 0.6 is 0 Å². The molecule has 3 rings (SSSR count). The van der Waals surface area contributed by atoms with Crippen molar-refractivity contribution in [2.24, 2.45) is 7.05 Å². The van der Waals surface area contributed by atoms with E-state index in [9.17, 15) is 18.0 Å². The van der Waals surface area contributed by atoms with Gasteiger partial charge < -0.3 is 14.0 Å². The summed E-state index contributed by atoms with van der Waals surface area (Å²) < 4.78 is 53.0. The van der Waals surface area contributed by atoms with Crippen LogP contribution in [-0.4, -0.2) is 17.8 Å². The van der Waals surface area contributed by atoms with E-state index in [0.29, 0.717) is 18.4 Å². The first-order chi connectivity index (χ1) is 10.5. The molecule has 2 aromatic rings. The first-order valence-electron chi connectivity index (χ1n) is 6.61. The highest BCUT2D eigenvalue weighted by atomic mass is 19.2. The number of fused-ring (bicyclic) bond motifs is 1. The lowest BCUT2D eigenvalue weighted by atomic mass is 10.1. The fourth-order valence-electron chi connectivity index (χ4n) is 2.37. The highest BCUT2D eigenvalue weighted by molar-refractivity contribution is 5.84. The number of benzene rings is 1. The normalized spacial score (nSPS) is 15.7. The number of epoxide rings is 1. The van der Waals surface area contributed by atoms with E-state index in [-0.39, 0.29) is 23.4 Å². The summed E-state index contributed by atoms with van der Waals surface area (Å²) in [5, 5.41) is -0.643. The van der Waals surface area contributed by atoms with Gasteiger partial charge in [-0.2, -0.15) is 0 Å². The predicted molar refractivity (Wildman–Crippen MR) is 73.6 cm³/mol. The number of hydrogen-bond acceptors (Lipinski definition) is 3. The van der Waals surface area contributed by atoms with E-state index in [2.05, 4.69) is 0 Å². The minimum Gasteiger partial charge on any atom is -0.489 e. The van der Waals surface area contributed by atoms with Crippen LogP contribution in [0.25, 0.3) is 16.7 Å². The Bertz CT molecular complexity index is 865. The molecule has 0 unspecified atom stereocenters. The molecular weight excluding hydrogens is 299 g/mol. The number of ether oxygens (including phenoxy) is 2. The molecule has 116 valence electrons. The predicted octanol–water partition coefficient (Wildman–Crippen LogP) is 2.69. The highest BCUT2D eigenvalue weighted by Gasteiger charge is 2.27. The fourth-order valence-corrected chi connectivity index (χ4v) is 2.37. The number of rotatable bonds is 3. The summed E-state index contributed by atoms with van der Waals surface area (Å²) in [6, 6.07) is 0.419. The smallest absolute Gasteiger partial charge is 0.203 e. The van der Waals surface area contributed by atoms with Crippen LogP contribution < -0.4 is 5.43 Å². The molecule has 22 heavy (non-hydrogen) atoms. The molecule has 0 bridgehead atoms. The average Bonchev–Trinajstić information content (AvgIpc) is 3.29. The molecule has 0 N–H and O–H groups in total. The Kier molecular flexibility index (Phi) is 3.35. The van der Waals surface area contributed by atoms with Gasteiger partial charge in [-0.05, 0) is 6.92 Å². The SMILES string of the molecule is CCOC(=C1CO1)c1cn(C)c2c(F)cc(F)c(F)c2c1=O. The molecular formula is C15H12F3NO3. The van der Waals surface area contributed by atoms with Gasteiger partial charge in [0, 0.05) is 19.3 Å². The molecule has 4 nitrogen and oxygen atoms in total. The fraction of sp³-hybridized carbons (Fsp3) is 0.267. The first-order valence-corrected chi connectivity index (χ1v) is 6.61. The third kappa shape index (κ3) is 2.13. The zero-order chi connectivity index (χ0) is 16.0. The van der Waals surface area contributed by atoms with E-state index in [1.165, 1.54) is 17.8 Å². The summed E-state index contributed by atoms with van der Waals surface area (Å²) in [5.41, 5.74) is -1.13. The van der Waals surface area contributed by atoms with E-state index in [0.717, 1.165) is 0 Å². The standard InChI is InChI=1S/C15H12F3NO3/c1-3-21-15(10-6-22-10)7-5-19(2)13-9(17)4-8(16)12(18)11(13)14(7)20/h4-5H,3,6H2,1-2H3. The third-order valence-electron chi connectivity index (χ3n) is 3.37. The van der Waals surface area contributed by atoms with Crippen LogP contribution in [0.15, 0.2) is 22.8 Å². The lowest BCUT2D eigenvalue weighted by Gasteiger charge is -2.12. The average molecular weight is 311 g/mol. The van der Waals surface area contributed by atoms with Crippen LogP contribution in [0.2, 0.25) is 0 Å². The van der Waals surface area contributed by atoms with Crippen LogP contribution in [0, 0.1) is 17.5 Å². The largest absolute Gasteiger partial charge is 0.489 e. The number of aromatic nitrogens is 1. The summed E-state index contributed by atoms with van der Waals surface area (Å²) in [4.78, 5) is 12.5. The molecule has 1 aliphatic rings. The zero-order valence-electron chi connectivity index (χ0n) is 11.9. The molecule has 1 aromatic carbocycles. The zero-order valence-corrected chi connectivity index (χ0v) is 11.9. The second-order valence-corrected chi connectivity index (χ2v) is 4.83. The lowest BCUT2D eigenvalue weighted by molar-refractivity contribution is 0.292. The van der Waals surface area contributed by atoms with Crippen LogP contribution in [0.1, 0.15) is 12.5 Å². The second kappa shape index (κ2) is 5.08. The quantitative estimate of drug-likeness (QED) is 0.497. The van der Waals surface area contributed by atoms with Crippen molar-refractivity contribution in [1.82, 2.24) is 4.57 Å². The number of hydrogen-bond donors (Lipinski definition) is 0. The molecule has 0 aliphatic carbocycles. The Morgan fingerprint density at radius 2 is 2.05 bits per heavy atom. The molecule has 1 aliphatic heterocycles. The maximum atomic E-state index is 14.0. The van der Waals surface area contributed by atoms with Crippen LogP contribution in [0.4, 0.5) is 13.2 Å². The molecule has 0 saturated carbocycles. The minimum atomic E-state index is -1.41. The van der Waals surface area contributed by atoms with Gasteiger partial charge in [-0.25, -0.2) is 13.2 Å². The van der Waals surface area contributed by atoms with Crippen molar-refractivity contribution in [2.75, 3.05) is 13.2 Å². The van der Waals surface area contributed by atoms with Crippen molar-refractivity contribution in [1.29, 1.82) is 0 Å². The monoisotopic (exact) mass is 311 g/mol. The van der Waals surface area contributed by atoms with E-state index >= 15 is 0 Å². The molecule has 1 saturated heterocycles. The van der Waals surface area contributed by atoms with Crippen molar-refractivity contribution < 1.29 is 22.6 Å². The maximum absolute atomic E-state index is 14.0. The van der Waals surface area contributed by atoms with Gasteiger partial charge in [0.1, 0.15) is 6.61 Å². The van der Waals surface area contributed by atoms with Crippen LogP contribution in [0.5, 0.6) is 0 Å². The van der Waals surface area contributed by atoms with Gasteiger partial charge in [-0.15, -0.1) is 0 Å². The molecule has 0 amide bonds. The topological polar surface area (TPSA) is 43.8 Å². The summed E-state index contributed by atoms with van der Waals surface area (Å²) in [5.74, 6) is -3.16. The molecule has 0 atom stereocenters. The Morgan fingerprint density at radius 3 is 2.64 bits per heavy atom. The number of aryl methyl sites for hydroxylation is 1. The number of halogens is 3. The summed E-state index contributed by atoms with van der Waals surface area (Å²) in [6.45, 7) is 2.29. The first kappa shape index (κ1) is 14.5. The van der Waals surface area contributed by atoms with Crippen molar-refractivity contribution >= 4 is 16.7 Å². The van der Waals surface area contributed by atoms with Crippen LogP contribution in [0.3, 0.4) is 0 Å². The van der Waals surface area contributed by atoms with Crippen molar-refractivity contribution in [2.45, 2.75) is 6.92 Å². The van der Waals surface area contributed by atoms with Crippen molar-refractivity contribution in [3.63, 3.8) is 0 Å². The summed E-state index contributed by atoms with van der Waals surface area (Å²) in [6.07, 6.45) is 1.32. The van der Waals surface area contributed by atoms with E-state index < -0.39 is 28.3 Å². The van der Waals surface area contributed by atoms with Gasteiger partial charge in [0.25, 0.3) is 0 Å². The van der Waals surface area contributed by atoms with Gasteiger partial charge in [0.05, 0.1) is 23.1 Å². The van der Waals surface area contributed by atoms with Gasteiger partial charge >= 0.3 is 0 Å². The third-order valence-corrected chi connectivity index (χ3v) is 3.37. The Hall–Kier alpha value is -2.44. The molecule has 1 fully saturated rings.